The summed E-state index contributed by atoms with van der Waals surface area (Å²) in [5, 5.41) is 3.02. The smallest absolute Gasteiger partial charge is 0.270 e. The van der Waals surface area contributed by atoms with Gasteiger partial charge in [0, 0.05) is 11.7 Å². The van der Waals surface area contributed by atoms with Crippen molar-refractivity contribution in [3.8, 4) is 0 Å². The van der Waals surface area contributed by atoms with Crippen molar-refractivity contribution in [3.63, 3.8) is 0 Å². The first-order valence-electron chi connectivity index (χ1n) is 6.88. The van der Waals surface area contributed by atoms with Crippen molar-refractivity contribution in [2.75, 3.05) is 0 Å². The predicted molar refractivity (Wildman–Crippen MR) is 75.0 cm³/mol. The first-order valence-corrected chi connectivity index (χ1v) is 6.88. The summed E-state index contributed by atoms with van der Waals surface area (Å²) in [6, 6.07) is 1.81. The molecule has 0 aliphatic heterocycles. The molecule has 0 radical (unpaired) electrons. The summed E-state index contributed by atoms with van der Waals surface area (Å²) in [6.07, 6.45) is 6.95. The molecule has 0 saturated heterocycles. The summed E-state index contributed by atoms with van der Waals surface area (Å²) >= 11 is 0. The third kappa shape index (κ3) is 3.63. The van der Waals surface area contributed by atoms with Gasteiger partial charge < -0.3 is 5.32 Å². The zero-order chi connectivity index (χ0) is 13.8. The van der Waals surface area contributed by atoms with Crippen molar-refractivity contribution in [2.45, 2.75) is 52.5 Å². The van der Waals surface area contributed by atoms with E-state index in [0.29, 0.717) is 11.5 Å². The minimum atomic E-state index is -0.118. The molecule has 1 aromatic rings. The number of aryl methyl sites for hydroxylation is 2. The van der Waals surface area contributed by atoms with E-state index in [0.717, 1.165) is 18.5 Å². The molecule has 0 aromatic carbocycles. The highest BCUT2D eigenvalue weighted by molar-refractivity contribution is 5.92. The number of carbonyl (C=O) groups excluding carboxylic acids is 1. The van der Waals surface area contributed by atoms with Crippen LogP contribution in [0, 0.1) is 13.8 Å². The maximum Gasteiger partial charge on any atom is 0.270 e. The Morgan fingerprint density at radius 2 is 2.11 bits per heavy atom. The van der Waals surface area contributed by atoms with Crippen LogP contribution in [0.5, 0.6) is 0 Å². The van der Waals surface area contributed by atoms with Gasteiger partial charge in [0.25, 0.3) is 5.91 Å². The van der Waals surface area contributed by atoms with Crippen molar-refractivity contribution in [2.24, 2.45) is 0 Å². The van der Waals surface area contributed by atoms with E-state index < -0.39 is 0 Å². The zero-order valence-corrected chi connectivity index (χ0v) is 11.9. The fourth-order valence-electron chi connectivity index (χ4n) is 2.45. The van der Waals surface area contributed by atoms with E-state index in [1.54, 1.807) is 13.0 Å². The van der Waals surface area contributed by atoms with Gasteiger partial charge in [0.1, 0.15) is 11.5 Å². The molecule has 1 heterocycles. The number of allylic oxidation sites excluding steroid dienone is 1. The SMILES string of the molecule is Cc1cc(C(=O)N[C@H](C)C2=CCCCC2)nc(C)n1. The topological polar surface area (TPSA) is 54.9 Å². The van der Waals surface area contributed by atoms with E-state index in [1.807, 2.05) is 13.8 Å². The van der Waals surface area contributed by atoms with E-state index in [4.69, 9.17) is 0 Å². The molecular formula is C15H21N3O. The van der Waals surface area contributed by atoms with Crippen molar-refractivity contribution >= 4 is 5.91 Å². The van der Waals surface area contributed by atoms with Crippen LogP contribution in [0.2, 0.25) is 0 Å². The Morgan fingerprint density at radius 1 is 1.32 bits per heavy atom. The number of nitrogens with one attached hydrogen (secondary N) is 1. The number of carbonyl (C=O) groups is 1. The van der Waals surface area contributed by atoms with E-state index in [2.05, 4.69) is 21.4 Å². The lowest BCUT2D eigenvalue weighted by Crippen LogP contribution is -2.35. The van der Waals surface area contributed by atoms with Crippen LogP contribution in [0.1, 0.15) is 54.6 Å². The average molecular weight is 259 g/mol. The first kappa shape index (κ1) is 13.7. The van der Waals surface area contributed by atoms with Crippen molar-refractivity contribution in [3.05, 3.63) is 34.9 Å². The summed E-state index contributed by atoms with van der Waals surface area (Å²) in [7, 11) is 0. The summed E-state index contributed by atoms with van der Waals surface area (Å²) in [5.41, 5.74) is 2.61. The van der Waals surface area contributed by atoms with Crippen LogP contribution in [0.25, 0.3) is 0 Å². The molecule has 4 nitrogen and oxygen atoms in total. The van der Waals surface area contributed by atoms with Gasteiger partial charge >= 0.3 is 0 Å². The van der Waals surface area contributed by atoms with Gasteiger partial charge in [0.15, 0.2) is 0 Å². The lowest BCUT2D eigenvalue weighted by atomic mass is 9.95. The van der Waals surface area contributed by atoms with E-state index in [-0.39, 0.29) is 11.9 Å². The highest BCUT2D eigenvalue weighted by atomic mass is 16.1. The normalized spacial score (nSPS) is 16.7. The predicted octanol–water partition coefficient (Wildman–Crippen LogP) is 2.71. The van der Waals surface area contributed by atoms with Gasteiger partial charge in [-0.05, 0) is 52.5 Å². The molecule has 1 N–H and O–H groups in total. The van der Waals surface area contributed by atoms with Crippen LogP contribution in [-0.2, 0) is 0 Å². The number of rotatable bonds is 3. The Bertz CT molecular complexity index is 488. The quantitative estimate of drug-likeness (QED) is 0.849. The van der Waals surface area contributed by atoms with Crippen LogP contribution in [0.4, 0.5) is 0 Å². The van der Waals surface area contributed by atoms with E-state index in [1.165, 1.54) is 18.4 Å². The second-order valence-corrected chi connectivity index (χ2v) is 5.16. The van der Waals surface area contributed by atoms with Gasteiger partial charge in [-0.15, -0.1) is 0 Å². The molecule has 102 valence electrons. The van der Waals surface area contributed by atoms with Gasteiger partial charge in [-0.1, -0.05) is 11.6 Å². The molecule has 0 fully saturated rings. The molecule has 1 aliphatic rings. The third-order valence-electron chi connectivity index (χ3n) is 3.43. The van der Waals surface area contributed by atoms with Gasteiger partial charge in [-0.25, -0.2) is 9.97 Å². The fourth-order valence-corrected chi connectivity index (χ4v) is 2.45. The minimum Gasteiger partial charge on any atom is -0.345 e. The number of hydrogen-bond donors (Lipinski definition) is 1. The number of nitrogens with zero attached hydrogens (tertiary/aromatic N) is 2. The Balaban J connectivity index is 2.05. The molecule has 1 aromatic heterocycles. The van der Waals surface area contributed by atoms with Crippen LogP contribution in [0.3, 0.4) is 0 Å². The minimum absolute atomic E-state index is 0.0865. The molecule has 1 amide bonds. The third-order valence-corrected chi connectivity index (χ3v) is 3.43. The Morgan fingerprint density at radius 3 is 2.74 bits per heavy atom. The van der Waals surface area contributed by atoms with E-state index in [9.17, 15) is 4.79 Å². The molecule has 4 heteroatoms. The molecule has 0 spiro atoms. The molecule has 0 bridgehead atoms. The summed E-state index contributed by atoms with van der Waals surface area (Å²) in [4.78, 5) is 20.5. The molecule has 19 heavy (non-hydrogen) atoms. The first-order chi connectivity index (χ1) is 9.06. The number of aromatic nitrogens is 2. The van der Waals surface area contributed by atoms with Crippen molar-refractivity contribution in [1.29, 1.82) is 0 Å². The average Bonchev–Trinajstić information content (AvgIpc) is 2.38. The van der Waals surface area contributed by atoms with Crippen molar-refractivity contribution < 1.29 is 4.79 Å². The Hall–Kier alpha value is -1.71. The highest BCUT2D eigenvalue weighted by Gasteiger charge is 2.16. The fraction of sp³-hybridized carbons (Fsp3) is 0.533. The second kappa shape index (κ2) is 5.95. The van der Waals surface area contributed by atoms with Crippen LogP contribution in [-0.4, -0.2) is 21.9 Å². The molecule has 2 rings (SSSR count). The van der Waals surface area contributed by atoms with Crippen LogP contribution < -0.4 is 5.32 Å². The van der Waals surface area contributed by atoms with Gasteiger partial charge in [0.05, 0.1) is 0 Å². The number of amides is 1. The lowest BCUT2D eigenvalue weighted by Gasteiger charge is -2.20. The molecule has 0 unspecified atom stereocenters. The lowest BCUT2D eigenvalue weighted by molar-refractivity contribution is 0.0939. The van der Waals surface area contributed by atoms with E-state index >= 15 is 0 Å². The monoisotopic (exact) mass is 259 g/mol. The summed E-state index contributed by atoms with van der Waals surface area (Å²) in [6.45, 7) is 5.71. The Kier molecular flexibility index (Phi) is 4.30. The zero-order valence-electron chi connectivity index (χ0n) is 11.9. The molecule has 1 atom stereocenters. The van der Waals surface area contributed by atoms with Gasteiger partial charge in [0.2, 0.25) is 0 Å². The summed E-state index contributed by atoms with van der Waals surface area (Å²) < 4.78 is 0. The van der Waals surface area contributed by atoms with Crippen LogP contribution >= 0.6 is 0 Å². The van der Waals surface area contributed by atoms with Crippen molar-refractivity contribution in [1.82, 2.24) is 15.3 Å². The second-order valence-electron chi connectivity index (χ2n) is 5.16. The van der Waals surface area contributed by atoms with Gasteiger partial charge in [-0.3, -0.25) is 4.79 Å². The maximum atomic E-state index is 12.2. The molecular weight excluding hydrogens is 238 g/mol. The molecule has 1 aliphatic carbocycles. The standard InChI is InChI=1S/C15H21N3O/c1-10-9-14(18-12(3)16-10)15(19)17-11(2)13-7-5-4-6-8-13/h7,9,11H,4-6,8H2,1-3H3,(H,17,19)/t11-/m1/s1. The van der Waals surface area contributed by atoms with Gasteiger partial charge in [-0.2, -0.15) is 0 Å². The molecule has 0 saturated carbocycles. The van der Waals surface area contributed by atoms with Crippen LogP contribution in [0.15, 0.2) is 17.7 Å². The number of hydrogen-bond acceptors (Lipinski definition) is 3. The maximum absolute atomic E-state index is 12.2. The largest absolute Gasteiger partial charge is 0.345 e. The Labute approximate surface area is 114 Å². The highest BCUT2D eigenvalue weighted by Crippen LogP contribution is 2.20. The summed E-state index contributed by atoms with van der Waals surface area (Å²) in [5.74, 6) is 0.516.